The molecule has 1 saturated carbocycles. The summed E-state index contributed by atoms with van der Waals surface area (Å²) in [6.07, 6.45) is 2.26. The number of hydrogen-bond acceptors (Lipinski definition) is 6. The fourth-order valence-electron chi connectivity index (χ4n) is 2.82. The van der Waals surface area contributed by atoms with Gasteiger partial charge < -0.3 is 9.47 Å². The maximum absolute atomic E-state index is 12.2. The van der Waals surface area contributed by atoms with E-state index in [4.69, 9.17) is 9.47 Å². The van der Waals surface area contributed by atoms with Crippen LogP contribution >= 0.6 is 0 Å². The molecule has 31 heavy (non-hydrogen) atoms. The molecular formula is C21H25N3O6S. The minimum atomic E-state index is -3.49. The van der Waals surface area contributed by atoms with Gasteiger partial charge in [0.1, 0.15) is 0 Å². The highest BCUT2D eigenvalue weighted by atomic mass is 32.2. The molecule has 1 aliphatic carbocycles. The molecule has 0 aromatic heterocycles. The molecule has 166 valence electrons. The van der Waals surface area contributed by atoms with E-state index in [-0.39, 0.29) is 23.3 Å². The molecule has 0 bridgehead atoms. The number of benzene rings is 2. The highest BCUT2D eigenvalue weighted by Crippen LogP contribution is 2.27. The number of hydrogen-bond donors (Lipinski definition) is 3. The molecule has 10 heteroatoms. The van der Waals surface area contributed by atoms with Gasteiger partial charge in [-0.1, -0.05) is 12.1 Å². The van der Waals surface area contributed by atoms with Gasteiger partial charge in [-0.2, -0.15) is 0 Å². The van der Waals surface area contributed by atoms with E-state index in [1.54, 1.807) is 24.3 Å². The van der Waals surface area contributed by atoms with Crippen molar-refractivity contribution in [2.24, 2.45) is 0 Å². The summed E-state index contributed by atoms with van der Waals surface area (Å²) in [6, 6.07) is 11.1. The number of amides is 2. The van der Waals surface area contributed by atoms with Crippen LogP contribution in [0.25, 0.3) is 0 Å². The lowest BCUT2D eigenvalue weighted by Crippen LogP contribution is -2.41. The Morgan fingerprint density at radius 3 is 2.26 bits per heavy atom. The maximum atomic E-state index is 12.2. The van der Waals surface area contributed by atoms with Gasteiger partial charge in [0.25, 0.3) is 5.91 Å². The van der Waals surface area contributed by atoms with Gasteiger partial charge in [0, 0.05) is 18.0 Å². The summed E-state index contributed by atoms with van der Waals surface area (Å²) in [4.78, 5) is 24.5. The predicted molar refractivity (Wildman–Crippen MR) is 113 cm³/mol. The van der Waals surface area contributed by atoms with Crippen LogP contribution in [0.4, 0.5) is 0 Å². The Bertz CT molecular complexity index is 1050. The summed E-state index contributed by atoms with van der Waals surface area (Å²) < 4.78 is 37.2. The zero-order chi connectivity index (χ0) is 22.4. The van der Waals surface area contributed by atoms with Crippen molar-refractivity contribution < 1.29 is 27.5 Å². The van der Waals surface area contributed by atoms with Gasteiger partial charge in [-0.15, -0.1) is 0 Å². The topological polar surface area (TPSA) is 123 Å². The third-order valence-electron chi connectivity index (χ3n) is 4.73. The van der Waals surface area contributed by atoms with Gasteiger partial charge in [0.15, 0.2) is 11.5 Å². The average molecular weight is 448 g/mol. The summed E-state index contributed by atoms with van der Waals surface area (Å²) >= 11 is 0. The van der Waals surface area contributed by atoms with Crippen LogP contribution in [0.5, 0.6) is 11.5 Å². The second-order valence-electron chi connectivity index (χ2n) is 7.11. The van der Waals surface area contributed by atoms with E-state index >= 15 is 0 Å². The smallest absolute Gasteiger partial charge is 0.269 e. The van der Waals surface area contributed by atoms with Crippen molar-refractivity contribution in [3.8, 4) is 11.5 Å². The third kappa shape index (κ3) is 6.19. The van der Waals surface area contributed by atoms with Crippen LogP contribution in [0.3, 0.4) is 0 Å². The number of carbonyl (C=O) groups is 2. The van der Waals surface area contributed by atoms with Crippen LogP contribution in [0.2, 0.25) is 0 Å². The van der Waals surface area contributed by atoms with Crippen LogP contribution in [0, 0.1) is 0 Å². The SMILES string of the molecule is COc1ccc(C(=O)NNC(=O)CCc2ccc(S(=O)(=O)NC3CC3)cc2)cc1OC. The second kappa shape index (κ2) is 9.80. The molecule has 0 heterocycles. The number of carbonyl (C=O) groups excluding carboxylic acids is 2. The van der Waals surface area contributed by atoms with Crippen molar-refractivity contribution in [2.45, 2.75) is 36.6 Å². The summed E-state index contributed by atoms with van der Waals surface area (Å²) in [7, 11) is -0.532. The van der Waals surface area contributed by atoms with Gasteiger partial charge in [-0.25, -0.2) is 13.1 Å². The van der Waals surface area contributed by atoms with Crippen molar-refractivity contribution in [3.63, 3.8) is 0 Å². The summed E-state index contributed by atoms with van der Waals surface area (Å²) in [5.74, 6) is 0.0254. The Hall–Kier alpha value is -3.11. The minimum absolute atomic E-state index is 0.0441. The first-order chi connectivity index (χ1) is 14.8. The Morgan fingerprint density at radius 1 is 0.968 bits per heavy atom. The number of aryl methyl sites for hydroxylation is 1. The minimum Gasteiger partial charge on any atom is -0.493 e. The molecule has 2 aromatic rings. The highest BCUT2D eigenvalue weighted by Gasteiger charge is 2.27. The summed E-state index contributed by atoms with van der Waals surface area (Å²) in [6.45, 7) is 0. The monoisotopic (exact) mass is 447 g/mol. The predicted octanol–water partition coefficient (Wildman–Crippen LogP) is 1.54. The third-order valence-corrected chi connectivity index (χ3v) is 6.27. The van der Waals surface area contributed by atoms with Crippen molar-refractivity contribution in [1.82, 2.24) is 15.6 Å². The highest BCUT2D eigenvalue weighted by molar-refractivity contribution is 7.89. The molecule has 0 radical (unpaired) electrons. The van der Waals surface area contributed by atoms with E-state index < -0.39 is 15.9 Å². The fourth-order valence-corrected chi connectivity index (χ4v) is 4.13. The first-order valence-corrected chi connectivity index (χ1v) is 11.2. The van der Waals surface area contributed by atoms with Crippen LogP contribution in [0.15, 0.2) is 47.4 Å². The zero-order valence-electron chi connectivity index (χ0n) is 17.3. The Kier molecular flexibility index (Phi) is 7.13. The lowest BCUT2D eigenvalue weighted by Gasteiger charge is -2.11. The number of rotatable bonds is 9. The number of nitrogens with one attached hydrogen (secondary N) is 3. The molecule has 1 fully saturated rings. The molecular weight excluding hydrogens is 422 g/mol. The normalized spacial score (nSPS) is 13.4. The van der Waals surface area contributed by atoms with E-state index in [9.17, 15) is 18.0 Å². The first kappa shape index (κ1) is 22.6. The molecule has 3 N–H and O–H groups in total. The molecule has 0 unspecified atom stereocenters. The lowest BCUT2D eigenvalue weighted by atomic mass is 10.1. The van der Waals surface area contributed by atoms with Crippen molar-refractivity contribution in [2.75, 3.05) is 14.2 Å². The zero-order valence-corrected chi connectivity index (χ0v) is 18.1. The van der Waals surface area contributed by atoms with E-state index in [1.807, 2.05) is 0 Å². The quantitative estimate of drug-likeness (QED) is 0.501. The van der Waals surface area contributed by atoms with E-state index in [0.29, 0.717) is 23.5 Å². The average Bonchev–Trinajstić information content (AvgIpc) is 3.59. The molecule has 2 aromatic carbocycles. The van der Waals surface area contributed by atoms with Gasteiger partial charge in [0.2, 0.25) is 15.9 Å². The fraction of sp³-hybridized carbons (Fsp3) is 0.333. The van der Waals surface area contributed by atoms with Crippen LogP contribution in [0.1, 0.15) is 35.2 Å². The number of ether oxygens (including phenoxy) is 2. The lowest BCUT2D eigenvalue weighted by molar-refractivity contribution is -0.121. The number of sulfonamides is 1. The number of hydrazine groups is 1. The molecule has 2 amide bonds. The van der Waals surface area contributed by atoms with Gasteiger partial charge >= 0.3 is 0 Å². The van der Waals surface area contributed by atoms with Gasteiger partial charge in [-0.3, -0.25) is 20.4 Å². The molecule has 3 rings (SSSR count). The standard InChI is InChI=1S/C21H25N3O6S/c1-29-18-11-6-15(13-19(18)30-2)21(26)23-22-20(25)12-5-14-3-9-17(10-4-14)31(27,28)24-16-7-8-16/h3-4,6,9-11,13,16,24H,5,7-8,12H2,1-2H3,(H,22,25)(H,23,26). The molecule has 0 saturated heterocycles. The van der Waals surface area contributed by atoms with E-state index in [0.717, 1.165) is 18.4 Å². The molecule has 0 atom stereocenters. The van der Waals surface area contributed by atoms with E-state index in [1.165, 1.54) is 32.4 Å². The molecule has 0 aliphatic heterocycles. The second-order valence-corrected chi connectivity index (χ2v) is 8.83. The molecule has 9 nitrogen and oxygen atoms in total. The molecule has 1 aliphatic rings. The summed E-state index contributed by atoms with van der Waals surface area (Å²) in [5, 5.41) is 0. The maximum Gasteiger partial charge on any atom is 0.269 e. The van der Waals surface area contributed by atoms with Crippen molar-refractivity contribution >= 4 is 21.8 Å². The van der Waals surface area contributed by atoms with Gasteiger partial charge in [0.05, 0.1) is 19.1 Å². The molecule has 0 spiro atoms. The Labute approximate surface area is 181 Å². The Balaban J connectivity index is 1.47. The van der Waals surface area contributed by atoms with Crippen molar-refractivity contribution in [1.29, 1.82) is 0 Å². The first-order valence-electron chi connectivity index (χ1n) is 9.75. The van der Waals surface area contributed by atoms with Crippen LogP contribution < -0.4 is 25.0 Å². The van der Waals surface area contributed by atoms with Gasteiger partial charge in [-0.05, 0) is 55.2 Å². The van der Waals surface area contributed by atoms with Crippen LogP contribution in [-0.2, 0) is 21.2 Å². The van der Waals surface area contributed by atoms with Crippen molar-refractivity contribution in [3.05, 3.63) is 53.6 Å². The van der Waals surface area contributed by atoms with Crippen LogP contribution in [-0.4, -0.2) is 40.5 Å². The number of methoxy groups -OCH3 is 2. The Morgan fingerprint density at radius 2 is 1.65 bits per heavy atom. The largest absolute Gasteiger partial charge is 0.493 e. The summed E-state index contributed by atoms with van der Waals surface area (Å²) in [5.41, 5.74) is 5.83. The van der Waals surface area contributed by atoms with E-state index in [2.05, 4.69) is 15.6 Å².